The molecular formula is C9H15N3O3S. The average molecular weight is 245 g/mol. The first-order chi connectivity index (χ1) is 7.66. The Bertz CT molecular complexity index is 411. The third-order valence-electron chi connectivity index (χ3n) is 2.34. The zero-order chi connectivity index (χ0) is 11.4. The third kappa shape index (κ3) is 3.92. The van der Waals surface area contributed by atoms with Crippen molar-refractivity contribution in [3.63, 3.8) is 0 Å². The highest BCUT2D eigenvalue weighted by Gasteiger charge is 2.21. The molecule has 1 aliphatic rings. The van der Waals surface area contributed by atoms with Gasteiger partial charge in [0.25, 0.3) is 0 Å². The molecule has 1 heterocycles. The number of nitrogens with zero attached hydrogens (tertiary/aromatic N) is 1. The molecule has 16 heavy (non-hydrogen) atoms. The lowest BCUT2D eigenvalue weighted by molar-refractivity contribution is 0.380. The van der Waals surface area contributed by atoms with Crippen LogP contribution in [-0.4, -0.2) is 31.9 Å². The number of sulfonamides is 1. The average Bonchev–Trinajstić information content (AvgIpc) is 2.91. The smallest absolute Gasteiger partial charge is 0.213 e. The van der Waals surface area contributed by atoms with Crippen molar-refractivity contribution in [1.29, 1.82) is 0 Å². The van der Waals surface area contributed by atoms with Gasteiger partial charge in [0.1, 0.15) is 0 Å². The third-order valence-corrected chi connectivity index (χ3v) is 3.66. The van der Waals surface area contributed by atoms with Crippen LogP contribution in [0.1, 0.15) is 18.6 Å². The van der Waals surface area contributed by atoms with E-state index in [1.807, 2.05) is 0 Å². The van der Waals surface area contributed by atoms with Gasteiger partial charge in [-0.3, -0.25) is 0 Å². The summed E-state index contributed by atoms with van der Waals surface area (Å²) >= 11 is 0. The molecule has 1 saturated carbocycles. The molecule has 0 aromatic carbocycles. The normalized spacial score (nSPS) is 16.5. The Morgan fingerprint density at radius 2 is 2.31 bits per heavy atom. The molecule has 0 unspecified atom stereocenters. The summed E-state index contributed by atoms with van der Waals surface area (Å²) in [6, 6.07) is 2.16. The molecule has 6 nitrogen and oxygen atoms in total. The van der Waals surface area contributed by atoms with Gasteiger partial charge in [-0.25, -0.2) is 13.1 Å². The van der Waals surface area contributed by atoms with Crippen molar-refractivity contribution in [2.75, 3.05) is 12.3 Å². The number of hydrogen-bond donors (Lipinski definition) is 2. The molecule has 0 atom stereocenters. The number of hydrogen-bond acceptors (Lipinski definition) is 5. The van der Waals surface area contributed by atoms with E-state index in [1.54, 1.807) is 6.07 Å². The number of nitrogens with one attached hydrogen (secondary N) is 2. The van der Waals surface area contributed by atoms with E-state index in [4.69, 9.17) is 4.52 Å². The van der Waals surface area contributed by atoms with Crippen molar-refractivity contribution < 1.29 is 12.9 Å². The summed E-state index contributed by atoms with van der Waals surface area (Å²) in [5, 5.41) is 6.65. The maximum Gasteiger partial charge on any atom is 0.213 e. The fraction of sp³-hybridized carbons (Fsp3) is 0.667. The van der Waals surface area contributed by atoms with Crippen LogP contribution in [0.2, 0.25) is 0 Å². The van der Waals surface area contributed by atoms with E-state index in [1.165, 1.54) is 6.20 Å². The molecule has 1 fully saturated rings. The fourth-order valence-corrected chi connectivity index (χ4v) is 2.16. The minimum atomic E-state index is -3.23. The quantitative estimate of drug-likeness (QED) is 0.697. The minimum Gasteiger partial charge on any atom is -0.360 e. The van der Waals surface area contributed by atoms with Gasteiger partial charge >= 0.3 is 0 Å². The van der Waals surface area contributed by atoms with Gasteiger partial charge in [0.2, 0.25) is 10.0 Å². The number of rotatable bonds is 7. The molecule has 7 heteroatoms. The lowest BCUT2D eigenvalue weighted by atomic mass is 10.5. The Kier molecular flexibility index (Phi) is 3.57. The maximum atomic E-state index is 11.5. The second-order valence-corrected chi connectivity index (χ2v) is 5.77. The zero-order valence-corrected chi connectivity index (χ0v) is 9.66. The monoisotopic (exact) mass is 245 g/mol. The van der Waals surface area contributed by atoms with Gasteiger partial charge in [-0.2, -0.15) is 0 Å². The lowest BCUT2D eigenvalue weighted by Crippen LogP contribution is -2.32. The Labute approximate surface area is 94.4 Å². The van der Waals surface area contributed by atoms with E-state index in [9.17, 15) is 8.42 Å². The highest BCUT2D eigenvalue weighted by atomic mass is 32.2. The van der Waals surface area contributed by atoms with Crippen molar-refractivity contribution in [3.8, 4) is 0 Å². The molecule has 0 aliphatic heterocycles. The molecule has 1 aromatic heterocycles. The van der Waals surface area contributed by atoms with Crippen LogP contribution in [-0.2, 0) is 16.6 Å². The van der Waals surface area contributed by atoms with Crippen LogP contribution in [0.4, 0.5) is 0 Å². The first-order valence-electron chi connectivity index (χ1n) is 5.26. The summed E-state index contributed by atoms with van der Waals surface area (Å²) < 4.78 is 30.3. The van der Waals surface area contributed by atoms with Crippen LogP contribution in [0.25, 0.3) is 0 Å². The van der Waals surface area contributed by atoms with E-state index >= 15 is 0 Å². The predicted molar refractivity (Wildman–Crippen MR) is 58.2 cm³/mol. The first-order valence-corrected chi connectivity index (χ1v) is 6.91. The van der Waals surface area contributed by atoms with Gasteiger partial charge in [-0.1, -0.05) is 5.16 Å². The lowest BCUT2D eigenvalue weighted by Gasteiger charge is -2.05. The summed E-state index contributed by atoms with van der Waals surface area (Å²) in [5.41, 5.74) is 0. The van der Waals surface area contributed by atoms with E-state index in [2.05, 4.69) is 15.2 Å². The van der Waals surface area contributed by atoms with E-state index in [0.29, 0.717) is 18.3 Å². The van der Waals surface area contributed by atoms with Crippen molar-refractivity contribution in [1.82, 2.24) is 15.2 Å². The van der Waals surface area contributed by atoms with Crippen LogP contribution >= 0.6 is 0 Å². The van der Waals surface area contributed by atoms with Crippen LogP contribution in [0.3, 0.4) is 0 Å². The summed E-state index contributed by atoms with van der Waals surface area (Å²) in [4.78, 5) is 0. The molecule has 1 aromatic rings. The van der Waals surface area contributed by atoms with Gasteiger partial charge < -0.3 is 9.84 Å². The topological polar surface area (TPSA) is 84.2 Å². The molecule has 1 aliphatic carbocycles. The van der Waals surface area contributed by atoms with Crippen LogP contribution in [0.5, 0.6) is 0 Å². The van der Waals surface area contributed by atoms with E-state index in [-0.39, 0.29) is 12.3 Å². The van der Waals surface area contributed by atoms with Crippen LogP contribution < -0.4 is 10.0 Å². The maximum absolute atomic E-state index is 11.5. The molecule has 0 radical (unpaired) electrons. The molecule has 0 saturated heterocycles. The SMILES string of the molecule is O=S(=O)(CCNC1CC1)NCc1ccno1. The van der Waals surface area contributed by atoms with Gasteiger partial charge in [-0.05, 0) is 12.8 Å². The van der Waals surface area contributed by atoms with Gasteiger partial charge in [-0.15, -0.1) is 0 Å². The summed E-state index contributed by atoms with van der Waals surface area (Å²) in [6.45, 7) is 0.655. The van der Waals surface area contributed by atoms with Crippen molar-refractivity contribution >= 4 is 10.0 Å². The van der Waals surface area contributed by atoms with Crippen LogP contribution in [0.15, 0.2) is 16.8 Å². The highest BCUT2D eigenvalue weighted by Crippen LogP contribution is 2.17. The van der Waals surface area contributed by atoms with Gasteiger partial charge in [0.15, 0.2) is 5.76 Å². The Hall–Kier alpha value is -0.920. The molecular weight excluding hydrogens is 230 g/mol. The fourth-order valence-electron chi connectivity index (χ4n) is 1.27. The molecule has 2 rings (SSSR count). The number of aromatic nitrogens is 1. The Morgan fingerprint density at radius 3 is 2.94 bits per heavy atom. The minimum absolute atomic E-state index is 0.0949. The molecule has 2 N–H and O–H groups in total. The van der Waals surface area contributed by atoms with Crippen molar-refractivity contribution in [3.05, 3.63) is 18.0 Å². The summed E-state index contributed by atoms with van der Waals surface area (Å²) in [6.07, 6.45) is 3.80. The zero-order valence-electron chi connectivity index (χ0n) is 8.85. The second-order valence-electron chi connectivity index (χ2n) is 3.85. The molecule has 90 valence electrons. The molecule has 0 bridgehead atoms. The molecule has 0 spiro atoms. The summed E-state index contributed by atoms with van der Waals surface area (Å²) in [7, 11) is -3.23. The van der Waals surface area contributed by atoms with Crippen LogP contribution in [0, 0.1) is 0 Å². The molecule has 0 amide bonds. The summed E-state index contributed by atoms with van der Waals surface area (Å²) in [5.74, 6) is 0.608. The predicted octanol–water partition coefficient (Wildman–Crippen LogP) is -0.154. The Morgan fingerprint density at radius 1 is 1.50 bits per heavy atom. The highest BCUT2D eigenvalue weighted by molar-refractivity contribution is 7.89. The van der Waals surface area contributed by atoms with Gasteiger partial charge in [0, 0.05) is 18.7 Å². The largest absolute Gasteiger partial charge is 0.360 e. The van der Waals surface area contributed by atoms with Gasteiger partial charge in [0.05, 0.1) is 18.5 Å². The standard InChI is InChI=1S/C9H15N3O3S/c13-16(14,6-5-10-8-1-2-8)12-7-9-3-4-11-15-9/h3-4,8,10,12H,1-2,5-7H2. The van der Waals surface area contributed by atoms with Crippen molar-refractivity contribution in [2.45, 2.75) is 25.4 Å². The van der Waals surface area contributed by atoms with E-state index < -0.39 is 10.0 Å². The van der Waals surface area contributed by atoms with E-state index in [0.717, 1.165) is 12.8 Å². The van der Waals surface area contributed by atoms with Crippen molar-refractivity contribution in [2.24, 2.45) is 0 Å². The second kappa shape index (κ2) is 4.94. The first kappa shape index (κ1) is 11.6. The Balaban J connectivity index is 1.69.